The van der Waals surface area contributed by atoms with Gasteiger partial charge in [0.05, 0.1) is 12.0 Å². The smallest absolute Gasteiger partial charge is 0.410 e. The number of ether oxygens (including phenoxy) is 2. The lowest BCUT2D eigenvalue weighted by atomic mass is 9.99. The highest BCUT2D eigenvalue weighted by Gasteiger charge is 2.32. The number of nitrogens with zero attached hydrogens (tertiary/aromatic N) is 1. The van der Waals surface area contributed by atoms with Crippen LogP contribution in [0.3, 0.4) is 0 Å². The molecule has 2 heterocycles. The van der Waals surface area contributed by atoms with Crippen LogP contribution in [0, 0.1) is 5.92 Å². The minimum Gasteiger partial charge on any atom is -0.463 e. The predicted molar refractivity (Wildman–Crippen MR) is 87.3 cm³/mol. The number of likely N-dealkylation sites (tertiary alicyclic amines) is 1. The summed E-state index contributed by atoms with van der Waals surface area (Å²) >= 11 is 0. The van der Waals surface area contributed by atoms with Crippen LogP contribution in [0.1, 0.15) is 52.9 Å². The van der Waals surface area contributed by atoms with Crippen molar-refractivity contribution in [2.75, 3.05) is 19.7 Å². The van der Waals surface area contributed by atoms with E-state index in [1.54, 1.807) is 4.90 Å². The monoisotopic (exact) mass is 340 g/mol. The third-order valence-electron chi connectivity index (χ3n) is 4.27. The average molecular weight is 340 g/mol. The highest BCUT2D eigenvalue weighted by Crippen LogP contribution is 2.21. The lowest BCUT2D eigenvalue weighted by Gasteiger charge is -2.36. The molecule has 0 aromatic rings. The summed E-state index contributed by atoms with van der Waals surface area (Å²) in [7, 11) is 0. The zero-order valence-corrected chi connectivity index (χ0v) is 14.8. The van der Waals surface area contributed by atoms with Crippen LogP contribution in [0.2, 0.25) is 0 Å². The van der Waals surface area contributed by atoms with Crippen LogP contribution in [0.25, 0.3) is 0 Å². The number of esters is 1. The molecular weight excluding hydrogens is 312 g/mol. The van der Waals surface area contributed by atoms with Crippen molar-refractivity contribution in [2.45, 2.75) is 64.5 Å². The van der Waals surface area contributed by atoms with E-state index in [-0.39, 0.29) is 36.5 Å². The summed E-state index contributed by atoms with van der Waals surface area (Å²) in [5.74, 6) is -0.617. The maximum absolute atomic E-state index is 12.3. The number of nitrogens with one attached hydrogen (secondary N) is 1. The first-order valence-corrected chi connectivity index (χ1v) is 8.69. The molecule has 0 aliphatic carbocycles. The van der Waals surface area contributed by atoms with Crippen LogP contribution in [0.15, 0.2) is 0 Å². The number of piperidine rings is 2. The molecule has 2 amide bonds. The second-order valence-corrected chi connectivity index (χ2v) is 7.49. The summed E-state index contributed by atoms with van der Waals surface area (Å²) in [6, 6.07) is -0.143. The molecule has 0 aromatic carbocycles. The molecule has 2 fully saturated rings. The zero-order chi connectivity index (χ0) is 17.7. The van der Waals surface area contributed by atoms with E-state index < -0.39 is 5.60 Å². The summed E-state index contributed by atoms with van der Waals surface area (Å²) in [6.07, 6.45) is 3.25. The van der Waals surface area contributed by atoms with E-state index in [4.69, 9.17) is 9.47 Å². The van der Waals surface area contributed by atoms with Crippen LogP contribution in [0.4, 0.5) is 4.79 Å². The highest BCUT2D eigenvalue weighted by atomic mass is 16.6. The SMILES string of the molecule is CC(C)(C)OC(=O)N1CCCC[C@H]1COC(=O)[C@H]1CCC(=O)NC1. The molecular formula is C17H28N2O5. The van der Waals surface area contributed by atoms with Crippen molar-refractivity contribution < 1.29 is 23.9 Å². The summed E-state index contributed by atoms with van der Waals surface area (Å²) in [6.45, 7) is 6.64. The fourth-order valence-corrected chi connectivity index (χ4v) is 2.96. The molecule has 2 saturated heterocycles. The minimum absolute atomic E-state index is 0.0255. The molecule has 0 saturated carbocycles. The van der Waals surface area contributed by atoms with Crippen LogP contribution in [-0.2, 0) is 19.1 Å². The first-order chi connectivity index (χ1) is 11.3. The number of amides is 2. The Morgan fingerprint density at radius 1 is 1.25 bits per heavy atom. The molecule has 2 rings (SSSR count). The van der Waals surface area contributed by atoms with E-state index in [2.05, 4.69) is 5.32 Å². The molecule has 0 unspecified atom stereocenters. The Labute approximate surface area is 143 Å². The minimum atomic E-state index is -0.546. The van der Waals surface area contributed by atoms with Crippen LogP contribution < -0.4 is 5.32 Å². The van der Waals surface area contributed by atoms with E-state index in [0.29, 0.717) is 25.9 Å². The average Bonchev–Trinajstić information content (AvgIpc) is 2.52. The summed E-state index contributed by atoms with van der Waals surface area (Å²) in [4.78, 5) is 37.3. The van der Waals surface area contributed by atoms with Gasteiger partial charge in [-0.25, -0.2) is 4.79 Å². The fourth-order valence-electron chi connectivity index (χ4n) is 2.96. The van der Waals surface area contributed by atoms with Crippen LogP contribution in [0.5, 0.6) is 0 Å². The molecule has 0 radical (unpaired) electrons. The Hall–Kier alpha value is -1.79. The van der Waals surface area contributed by atoms with Gasteiger partial charge in [0.1, 0.15) is 12.2 Å². The van der Waals surface area contributed by atoms with Gasteiger partial charge in [0.2, 0.25) is 5.91 Å². The van der Waals surface area contributed by atoms with Crippen molar-refractivity contribution in [2.24, 2.45) is 5.92 Å². The molecule has 136 valence electrons. The molecule has 1 N–H and O–H groups in total. The molecule has 2 aliphatic rings. The van der Waals surface area contributed by atoms with Gasteiger partial charge >= 0.3 is 12.1 Å². The number of carbonyl (C=O) groups is 3. The van der Waals surface area contributed by atoms with Gasteiger partial charge in [-0.3, -0.25) is 9.59 Å². The number of hydrogen-bond donors (Lipinski definition) is 1. The largest absolute Gasteiger partial charge is 0.463 e. The van der Waals surface area contributed by atoms with Crippen molar-refractivity contribution in [3.63, 3.8) is 0 Å². The zero-order valence-electron chi connectivity index (χ0n) is 14.8. The van der Waals surface area contributed by atoms with Crippen LogP contribution in [-0.4, -0.2) is 54.2 Å². The maximum atomic E-state index is 12.3. The number of carbonyl (C=O) groups excluding carboxylic acids is 3. The normalized spacial score (nSPS) is 25.0. The van der Waals surface area contributed by atoms with Gasteiger partial charge in [-0.2, -0.15) is 0 Å². The molecule has 7 heteroatoms. The van der Waals surface area contributed by atoms with Crippen molar-refractivity contribution in [1.82, 2.24) is 10.2 Å². The van der Waals surface area contributed by atoms with E-state index in [9.17, 15) is 14.4 Å². The van der Waals surface area contributed by atoms with Gasteiger partial charge in [0.25, 0.3) is 0 Å². The Morgan fingerprint density at radius 3 is 2.62 bits per heavy atom. The first kappa shape index (κ1) is 18.5. The second kappa shape index (κ2) is 7.85. The van der Waals surface area contributed by atoms with Gasteiger partial charge < -0.3 is 19.7 Å². The first-order valence-electron chi connectivity index (χ1n) is 8.69. The molecule has 0 bridgehead atoms. The van der Waals surface area contributed by atoms with Crippen molar-refractivity contribution >= 4 is 18.0 Å². The van der Waals surface area contributed by atoms with Gasteiger partial charge in [-0.1, -0.05) is 0 Å². The molecule has 2 aliphatic heterocycles. The summed E-state index contributed by atoms with van der Waals surface area (Å²) in [5.41, 5.74) is -0.546. The lowest BCUT2D eigenvalue weighted by Crippen LogP contribution is -2.48. The Morgan fingerprint density at radius 2 is 2.00 bits per heavy atom. The molecule has 7 nitrogen and oxygen atoms in total. The standard InChI is InChI=1S/C17H28N2O5/c1-17(2,3)24-16(22)19-9-5-4-6-13(19)11-23-15(21)12-7-8-14(20)18-10-12/h12-13H,4-11H2,1-3H3,(H,18,20)/t12-,13-/m0/s1. The van der Waals surface area contributed by atoms with E-state index in [1.165, 1.54) is 0 Å². The van der Waals surface area contributed by atoms with E-state index in [1.807, 2.05) is 20.8 Å². The van der Waals surface area contributed by atoms with Gasteiger partial charge in [-0.05, 0) is 46.5 Å². The van der Waals surface area contributed by atoms with E-state index >= 15 is 0 Å². The third-order valence-corrected chi connectivity index (χ3v) is 4.27. The predicted octanol–water partition coefficient (Wildman–Crippen LogP) is 1.85. The highest BCUT2D eigenvalue weighted by molar-refractivity contribution is 5.81. The molecule has 2 atom stereocenters. The summed E-state index contributed by atoms with van der Waals surface area (Å²) < 4.78 is 10.9. The Balaban J connectivity index is 1.85. The van der Waals surface area contributed by atoms with Gasteiger partial charge in [-0.15, -0.1) is 0 Å². The Bertz CT molecular complexity index is 476. The van der Waals surface area contributed by atoms with Crippen molar-refractivity contribution in [3.8, 4) is 0 Å². The topological polar surface area (TPSA) is 84.9 Å². The third kappa shape index (κ3) is 5.39. The van der Waals surface area contributed by atoms with Crippen LogP contribution >= 0.6 is 0 Å². The lowest BCUT2D eigenvalue weighted by molar-refractivity contribution is -0.152. The number of hydrogen-bond acceptors (Lipinski definition) is 5. The maximum Gasteiger partial charge on any atom is 0.410 e. The molecule has 0 aromatic heterocycles. The quantitative estimate of drug-likeness (QED) is 0.793. The van der Waals surface area contributed by atoms with Gasteiger partial charge in [0.15, 0.2) is 0 Å². The molecule has 24 heavy (non-hydrogen) atoms. The van der Waals surface area contributed by atoms with Crippen molar-refractivity contribution in [1.29, 1.82) is 0 Å². The second-order valence-electron chi connectivity index (χ2n) is 7.49. The Kier molecular flexibility index (Phi) is 6.07. The van der Waals surface area contributed by atoms with Gasteiger partial charge in [0, 0.05) is 19.5 Å². The molecule has 0 spiro atoms. The fraction of sp³-hybridized carbons (Fsp3) is 0.824. The van der Waals surface area contributed by atoms with E-state index in [0.717, 1.165) is 19.3 Å². The summed E-state index contributed by atoms with van der Waals surface area (Å²) in [5, 5.41) is 2.68. The number of rotatable bonds is 3. The van der Waals surface area contributed by atoms with Crippen molar-refractivity contribution in [3.05, 3.63) is 0 Å².